The van der Waals surface area contributed by atoms with Crippen LogP contribution < -0.4 is 0 Å². The first kappa shape index (κ1) is 9.33. The van der Waals surface area contributed by atoms with E-state index in [1.54, 1.807) is 6.92 Å². The quantitative estimate of drug-likeness (QED) is 0.611. The Kier molecular flexibility index (Phi) is 3.91. The molecule has 0 bridgehead atoms. The summed E-state index contributed by atoms with van der Waals surface area (Å²) in [5.41, 5.74) is 0. The first-order valence-electron chi connectivity index (χ1n) is 2.85. The van der Waals surface area contributed by atoms with E-state index in [2.05, 4.69) is 0 Å². The van der Waals surface area contributed by atoms with Crippen LogP contribution in [-0.2, 0) is 11.2 Å². The third-order valence-corrected chi connectivity index (χ3v) is 2.01. The topological polar surface area (TPSA) is 47.1 Å². The first-order chi connectivity index (χ1) is 4.29. The summed E-state index contributed by atoms with van der Waals surface area (Å²) in [6.07, 6.45) is 0.620. The summed E-state index contributed by atoms with van der Waals surface area (Å²) in [5, 5.41) is 2.04. The average Bonchev–Trinajstić information content (AvgIpc) is 2.15. The Morgan fingerprint density at radius 2 is 2.40 bits per heavy atom. The minimum absolute atomic E-state index is 0. The molecule has 10 heavy (non-hydrogen) atoms. The minimum atomic E-state index is 0. The highest BCUT2D eigenvalue weighted by atomic mass is 32.1. The van der Waals surface area contributed by atoms with Crippen molar-refractivity contribution in [2.45, 2.75) is 13.3 Å². The molecule has 1 aromatic rings. The van der Waals surface area contributed by atoms with Crippen molar-refractivity contribution in [2.75, 3.05) is 0 Å². The molecule has 0 spiro atoms. The zero-order valence-electron chi connectivity index (χ0n) is 5.74. The zero-order chi connectivity index (χ0) is 6.69. The van der Waals surface area contributed by atoms with Crippen molar-refractivity contribution in [3.63, 3.8) is 0 Å². The van der Waals surface area contributed by atoms with Crippen LogP contribution in [0.3, 0.4) is 0 Å². The molecule has 0 saturated carbocycles. The largest absolute Gasteiger partial charge is 0.870 e. The van der Waals surface area contributed by atoms with Crippen molar-refractivity contribution in [1.82, 2.24) is 0 Å². The van der Waals surface area contributed by atoms with Gasteiger partial charge in [-0.05, 0) is 30.4 Å². The van der Waals surface area contributed by atoms with E-state index in [1.165, 1.54) is 16.2 Å². The highest BCUT2D eigenvalue weighted by Gasteiger charge is 2.02. The van der Waals surface area contributed by atoms with Gasteiger partial charge in [0.25, 0.3) is 0 Å². The highest BCUT2D eigenvalue weighted by molar-refractivity contribution is 7.10. The van der Waals surface area contributed by atoms with E-state index < -0.39 is 0 Å². The minimum Gasteiger partial charge on any atom is -0.870 e. The fraction of sp³-hybridized carbons (Fsp3) is 0.286. The second-order valence-corrected chi connectivity index (χ2v) is 3.14. The van der Waals surface area contributed by atoms with Crippen LogP contribution in [0.25, 0.3) is 0 Å². The summed E-state index contributed by atoms with van der Waals surface area (Å²) in [6.45, 7) is 1.62. The van der Waals surface area contributed by atoms with Crippen molar-refractivity contribution in [3.05, 3.63) is 22.4 Å². The number of carbonyl (C=O) groups excluding carboxylic acids is 1. The van der Waals surface area contributed by atoms with Crippen molar-refractivity contribution in [1.29, 1.82) is 0 Å². The SMILES string of the molecule is CC(=O)Cc1ccc[sH+]1.[OH-]. The smallest absolute Gasteiger partial charge is 0.155 e. The summed E-state index contributed by atoms with van der Waals surface area (Å²) >= 11 is 1.19. The third kappa shape index (κ3) is 2.75. The molecule has 2 nitrogen and oxygen atoms in total. The highest BCUT2D eigenvalue weighted by Crippen LogP contribution is 2.08. The van der Waals surface area contributed by atoms with E-state index >= 15 is 0 Å². The molecule has 3 heteroatoms. The van der Waals surface area contributed by atoms with E-state index in [1.807, 2.05) is 17.5 Å². The Morgan fingerprint density at radius 3 is 2.80 bits per heavy atom. The van der Waals surface area contributed by atoms with E-state index in [9.17, 15) is 4.79 Å². The fourth-order valence-corrected chi connectivity index (χ4v) is 1.55. The lowest BCUT2D eigenvalue weighted by Gasteiger charge is -1.80. The Bertz CT molecular complexity index is 191. The number of thiophene rings is 1. The standard InChI is InChI=1S/C7H8OS.H2O/c1-6(8)5-7-3-2-4-9-7;/h2-4H,5H2,1H3;1H2. The number of ketones is 1. The Balaban J connectivity index is 0.000000810. The maximum Gasteiger partial charge on any atom is 0.155 e. The van der Waals surface area contributed by atoms with Crippen LogP contribution in [0, 0.1) is 0 Å². The second-order valence-electron chi connectivity index (χ2n) is 2.01. The normalized spacial score (nSPS) is 8.50. The van der Waals surface area contributed by atoms with Gasteiger partial charge >= 0.3 is 0 Å². The van der Waals surface area contributed by atoms with Crippen LogP contribution in [0.15, 0.2) is 17.5 Å². The number of hydrogen-bond donors (Lipinski definition) is 0. The van der Waals surface area contributed by atoms with Crippen LogP contribution in [0.1, 0.15) is 11.8 Å². The van der Waals surface area contributed by atoms with E-state index in [-0.39, 0.29) is 11.3 Å². The van der Waals surface area contributed by atoms with Crippen molar-refractivity contribution in [3.8, 4) is 0 Å². The van der Waals surface area contributed by atoms with E-state index in [4.69, 9.17) is 0 Å². The van der Waals surface area contributed by atoms with Crippen LogP contribution in [0.2, 0.25) is 0 Å². The molecule has 0 unspecified atom stereocenters. The Morgan fingerprint density at radius 1 is 1.70 bits per heavy atom. The summed E-state index contributed by atoms with van der Waals surface area (Å²) in [7, 11) is 0. The van der Waals surface area contributed by atoms with Crippen LogP contribution in [-0.4, -0.2) is 11.3 Å². The van der Waals surface area contributed by atoms with E-state index in [0.717, 1.165) is 0 Å². The predicted octanol–water partition coefficient (Wildman–Crippen LogP) is 1.44. The fourth-order valence-electron chi connectivity index (χ4n) is 0.696. The molecule has 1 heterocycles. The molecule has 0 atom stereocenters. The number of hydrogen-bond acceptors (Lipinski definition) is 2. The number of Topliss-reactive ketones (excluding diaryl/α,β-unsaturated/α-hetero) is 1. The molecule has 1 rings (SSSR count). The van der Waals surface area contributed by atoms with Gasteiger partial charge in [0, 0.05) is 0 Å². The first-order valence-corrected chi connectivity index (χ1v) is 3.81. The van der Waals surface area contributed by atoms with Crippen LogP contribution >= 0.6 is 11.3 Å². The molecule has 0 aliphatic heterocycles. The molecular formula is C7H10O2S. The van der Waals surface area contributed by atoms with Gasteiger partial charge in [0.2, 0.25) is 0 Å². The van der Waals surface area contributed by atoms with Gasteiger partial charge in [0.15, 0.2) is 4.88 Å². The van der Waals surface area contributed by atoms with Crippen molar-refractivity contribution < 1.29 is 10.3 Å². The van der Waals surface area contributed by atoms with Crippen LogP contribution in [0.4, 0.5) is 0 Å². The van der Waals surface area contributed by atoms with E-state index in [0.29, 0.717) is 6.42 Å². The molecule has 0 aliphatic rings. The molecule has 1 N–H and O–H groups in total. The van der Waals surface area contributed by atoms with Crippen molar-refractivity contribution in [2.24, 2.45) is 0 Å². The lowest BCUT2D eigenvalue weighted by atomic mass is 10.3. The van der Waals surface area contributed by atoms with Gasteiger partial charge in [-0.15, -0.1) is 0 Å². The summed E-state index contributed by atoms with van der Waals surface area (Å²) < 4.78 is 0. The lowest BCUT2D eigenvalue weighted by Crippen LogP contribution is -1.92. The van der Waals surface area contributed by atoms with Gasteiger partial charge in [0.05, 0.1) is 6.42 Å². The number of carbonyl (C=O) groups is 1. The molecule has 0 amide bonds. The van der Waals surface area contributed by atoms with Gasteiger partial charge in [-0.3, -0.25) is 4.79 Å². The van der Waals surface area contributed by atoms with Gasteiger partial charge in [-0.25, -0.2) is 0 Å². The van der Waals surface area contributed by atoms with Gasteiger partial charge < -0.3 is 5.48 Å². The van der Waals surface area contributed by atoms with Gasteiger partial charge in [0.1, 0.15) is 11.2 Å². The Labute approximate surface area is 63.8 Å². The van der Waals surface area contributed by atoms with Crippen LogP contribution in [0.5, 0.6) is 0 Å². The average molecular weight is 158 g/mol. The molecule has 0 fully saturated rings. The molecule has 0 saturated heterocycles. The maximum absolute atomic E-state index is 10.5. The summed E-state index contributed by atoms with van der Waals surface area (Å²) in [5.74, 6) is 0.248. The molecule has 1 aromatic heterocycles. The molecule has 0 aliphatic carbocycles. The lowest BCUT2D eigenvalue weighted by molar-refractivity contribution is -0.116. The molecular weight excluding hydrogens is 148 g/mol. The summed E-state index contributed by atoms with van der Waals surface area (Å²) in [6, 6.07) is 3.99. The molecule has 0 aromatic carbocycles. The maximum atomic E-state index is 10.5. The predicted molar refractivity (Wildman–Crippen MR) is 42.0 cm³/mol. The summed E-state index contributed by atoms with van der Waals surface area (Å²) in [4.78, 5) is 11.7. The van der Waals surface area contributed by atoms with Gasteiger partial charge in [-0.2, -0.15) is 0 Å². The second kappa shape index (κ2) is 4.19. The monoisotopic (exact) mass is 158 g/mol. The zero-order valence-corrected chi connectivity index (χ0v) is 6.64. The molecule has 56 valence electrons. The number of rotatable bonds is 2. The molecule has 0 radical (unpaired) electrons. The van der Waals surface area contributed by atoms with Crippen molar-refractivity contribution >= 4 is 17.1 Å². The third-order valence-electron chi connectivity index (χ3n) is 1.05. The van der Waals surface area contributed by atoms with Gasteiger partial charge in [-0.1, -0.05) is 0 Å². The Hall–Kier alpha value is -0.670.